The summed E-state index contributed by atoms with van der Waals surface area (Å²) < 4.78 is 28.0. The molecule has 2 N–H and O–H groups in total. The van der Waals surface area contributed by atoms with Gasteiger partial charge in [0.1, 0.15) is 0 Å². The summed E-state index contributed by atoms with van der Waals surface area (Å²) in [6.45, 7) is 0.706. The molecule has 112 valence electrons. The van der Waals surface area contributed by atoms with Crippen LogP contribution in [0.3, 0.4) is 0 Å². The summed E-state index contributed by atoms with van der Waals surface area (Å²) >= 11 is 10.9. The Kier molecular flexibility index (Phi) is 7.35. The van der Waals surface area contributed by atoms with Crippen molar-refractivity contribution in [3.63, 3.8) is 0 Å². The summed E-state index contributed by atoms with van der Waals surface area (Å²) in [6, 6.07) is -0.367. The predicted molar refractivity (Wildman–Crippen MR) is 79.3 cm³/mol. The van der Waals surface area contributed by atoms with Crippen LogP contribution < -0.4 is 5.32 Å². The first-order chi connectivity index (χ1) is 8.94. The molecule has 1 saturated heterocycles. The van der Waals surface area contributed by atoms with Gasteiger partial charge in [-0.05, 0) is 31.5 Å². The first-order valence-electron chi connectivity index (χ1n) is 6.33. The van der Waals surface area contributed by atoms with Gasteiger partial charge in [-0.15, -0.1) is 11.6 Å². The molecule has 1 fully saturated rings. The fourth-order valence-electron chi connectivity index (χ4n) is 1.86. The highest BCUT2D eigenvalue weighted by atomic mass is 35.5. The van der Waals surface area contributed by atoms with Crippen molar-refractivity contribution in [1.82, 2.24) is 5.32 Å². The molecule has 1 aliphatic heterocycles. The van der Waals surface area contributed by atoms with Crippen molar-refractivity contribution in [3.8, 4) is 0 Å². The Morgan fingerprint density at radius 1 is 1.32 bits per heavy atom. The zero-order chi connectivity index (χ0) is 14.3. The number of unbranched alkanes of at least 4 members (excludes halogenated alkanes) is 3. The van der Waals surface area contributed by atoms with Gasteiger partial charge in [-0.1, -0.05) is 6.42 Å². The number of nitrogens with one attached hydrogen (secondary N) is 1. The normalized spacial score (nSPS) is 25.2. The van der Waals surface area contributed by atoms with Gasteiger partial charge in [0.25, 0.3) is 5.17 Å². The summed E-state index contributed by atoms with van der Waals surface area (Å²) in [6.07, 6.45) is 3.59. The van der Waals surface area contributed by atoms with E-state index in [9.17, 15) is 8.42 Å². The van der Waals surface area contributed by atoms with E-state index in [0.717, 1.165) is 25.7 Å². The Morgan fingerprint density at radius 3 is 2.58 bits per heavy atom. The Hall–Kier alpha value is -0.110. The number of ether oxygens (including phenoxy) is 1. The molecule has 0 unspecified atom stereocenters. The monoisotopic (exact) mass is 329 g/mol. The van der Waals surface area contributed by atoms with Crippen molar-refractivity contribution in [2.75, 3.05) is 24.7 Å². The van der Waals surface area contributed by atoms with E-state index in [4.69, 9.17) is 33.7 Å². The summed E-state index contributed by atoms with van der Waals surface area (Å²) in [4.78, 5) is 0. The van der Waals surface area contributed by atoms with Crippen LogP contribution >= 0.6 is 23.8 Å². The number of hydrogen-bond donors (Lipinski definition) is 2. The molecule has 0 spiro atoms. The second kappa shape index (κ2) is 8.24. The van der Waals surface area contributed by atoms with Crippen molar-refractivity contribution < 1.29 is 18.3 Å². The number of alkyl halides is 1. The molecule has 1 heterocycles. The smallest absolute Gasteiger partial charge is 0.256 e. The fraction of sp³-hybridized carbons (Fsp3) is 0.909. The minimum Gasteiger partial charge on any atom is -0.471 e. The van der Waals surface area contributed by atoms with E-state index >= 15 is 0 Å². The second-order valence-corrected chi connectivity index (χ2v) is 7.70. The first-order valence-corrected chi connectivity index (χ1v) is 9.00. The number of thiocarbonyl (C=S) groups is 1. The standard InChI is InChI=1S/C11H20ClNO4S2/c12-9-7-19(15,16)8-10(9)13-11(18)17-6-4-2-1-3-5-14/h9-10,14H,1-8H2,(H,13,18)/t9-,10+/m1/s1. The predicted octanol–water partition coefficient (Wildman–Crippen LogP) is 0.835. The number of rotatable bonds is 7. The molecule has 8 heteroatoms. The van der Waals surface area contributed by atoms with Crippen LogP contribution in [0.15, 0.2) is 0 Å². The van der Waals surface area contributed by atoms with Crippen LogP contribution in [0.4, 0.5) is 0 Å². The molecule has 1 rings (SSSR count). The molecule has 2 atom stereocenters. The van der Waals surface area contributed by atoms with E-state index in [1.165, 1.54) is 0 Å². The third kappa shape index (κ3) is 6.74. The van der Waals surface area contributed by atoms with Crippen molar-refractivity contribution in [2.24, 2.45) is 0 Å². The molecule has 0 aromatic rings. The van der Waals surface area contributed by atoms with Crippen LogP contribution in [0.5, 0.6) is 0 Å². The Balaban J connectivity index is 2.14. The highest BCUT2D eigenvalue weighted by Crippen LogP contribution is 2.18. The molecule has 5 nitrogen and oxygen atoms in total. The fourth-order valence-corrected chi connectivity index (χ4v) is 4.65. The lowest BCUT2D eigenvalue weighted by molar-refractivity contribution is 0.266. The third-order valence-corrected chi connectivity index (χ3v) is 5.48. The van der Waals surface area contributed by atoms with E-state index in [2.05, 4.69) is 5.32 Å². The van der Waals surface area contributed by atoms with Crippen LogP contribution in [0, 0.1) is 0 Å². The van der Waals surface area contributed by atoms with Gasteiger partial charge in [-0.25, -0.2) is 8.42 Å². The second-order valence-electron chi connectivity index (χ2n) is 4.62. The van der Waals surface area contributed by atoms with E-state index < -0.39 is 15.2 Å². The Labute approximate surface area is 124 Å². The van der Waals surface area contributed by atoms with Gasteiger partial charge in [0.15, 0.2) is 9.84 Å². The van der Waals surface area contributed by atoms with Crippen LogP contribution in [-0.4, -0.2) is 54.8 Å². The van der Waals surface area contributed by atoms with E-state index in [1.54, 1.807) is 0 Å². The van der Waals surface area contributed by atoms with Gasteiger partial charge in [0, 0.05) is 6.61 Å². The van der Waals surface area contributed by atoms with Crippen LogP contribution in [-0.2, 0) is 14.6 Å². The molecule has 0 radical (unpaired) electrons. The number of aliphatic hydroxyl groups excluding tert-OH is 1. The molecule has 0 aromatic carbocycles. The lowest BCUT2D eigenvalue weighted by Gasteiger charge is -2.16. The SMILES string of the molecule is O=S1(=O)C[C@@H](Cl)[C@@H](NC(=S)OCCCCCCO)C1. The lowest BCUT2D eigenvalue weighted by atomic mass is 10.2. The number of sulfone groups is 1. The van der Waals surface area contributed by atoms with Crippen LogP contribution in [0.25, 0.3) is 0 Å². The summed E-state index contributed by atoms with van der Waals surface area (Å²) in [5.74, 6) is -0.0167. The first kappa shape index (κ1) is 16.9. The molecule has 1 aliphatic rings. The quantitative estimate of drug-likeness (QED) is 0.409. The maximum absolute atomic E-state index is 11.4. The number of aliphatic hydroxyl groups is 1. The van der Waals surface area contributed by atoms with Gasteiger partial charge < -0.3 is 15.2 Å². The van der Waals surface area contributed by atoms with Crippen molar-refractivity contribution in [3.05, 3.63) is 0 Å². The Morgan fingerprint density at radius 2 is 2.00 bits per heavy atom. The molecular weight excluding hydrogens is 310 g/mol. The van der Waals surface area contributed by atoms with Gasteiger partial charge >= 0.3 is 0 Å². The number of hydrogen-bond acceptors (Lipinski definition) is 5. The Bertz CT molecular complexity index is 388. The zero-order valence-electron chi connectivity index (χ0n) is 10.7. The third-order valence-electron chi connectivity index (χ3n) is 2.87. The lowest BCUT2D eigenvalue weighted by Crippen LogP contribution is -2.40. The van der Waals surface area contributed by atoms with Crippen LogP contribution in [0.1, 0.15) is 25.7 Å². The molecule has 0 amide bonds. The minimum atomic E-state index is -3.06. The topological polar surface area (TPSA) is 75.6 Å². The number of halogens is 1. The molecule has 0 saturated carbocycles. The zero-order valence-corrected chi connectivity index (χ0v) is 13.1. The molecule has 0 aliphatic carbocycles. The molecule has 0 aromatic heterocycles. The van der Waals surface area contributed by atoms with Crippen LogP contribution in [0.2, 0.25) is 0 Å². The van der Waals surface area contributed by atoms with Gasteiger partial charge in [0.05, 0.1) is 29.5 Å². The van der Waals surface area contributed by atoms with Crippen molar-refractivity contribution >= 4 is 38.8 Å². The summed E-state index contributed by atoms with van der Waals surface area (Å²) in [7, 11) is -3.06. The molecule has 0 bridgehead atoms. The van der Waals surface area contributed by atoms with Crippen molar-refractivity contribution in [2.45, 2.75) is 37.1 Å². The average Bonchev–Trinajstić information content (AvgIpc) is 2.56. The van der Waals surface area contributed by atoms with Gasteiger partial charge in [-0.3, -0.25) is 0 Å². The molecule has 19 heavy (non-hydrogen) atoms. The van der Waals surface area contributed by atoms with Gasteiger partial charge in [0.2, 0.25) is 0 Å². The van der Waals surface area contributed by atoms with E-state index in [1.807, 2.05) is 0 Å². The summed E-state index contributed by atoms with van der Waals surface area (Å²) in [5.41, 5.74) is 0. The largest absolute Gasteiger partial charge is 0.471 e. The van der Waals surface area contributed by atoms with E-state index in [0.29, 0.717) is 6.61 Å². The van der Waals surface area contributed by atoms with E-state index in [-0.39, 0.29) is 29.3 Å². The maximum atomic E-state index is 11.4. The summed E-state index contributed by atoms with van der Waals surface area (Å²) in [5, 5.41) is 11.2. The van der Waals surface area contributed by atoms with Gasteiger partial charge in [-0.2, -0.15) is 0 Å². The van der Waals surface area contributed by atoms with Crippen molar-refractivity contribution in [1.29, 1.82) is 0 Å². The maximum Gasteiger partial charge on any atom is 0.256 e. The minimum absolute atomic E-state index is 0.00116. The average molecular weight is 330 g/mol. The highest BCUT2D eigenvalue weighted by molar-refractivity contribution is 7.91. The molecular formula is C11H20ClNO4S2. The highest BCUT2D eigenvalue weighted by Gasteiger charge is 2.36.